The number of rotatable bonds is 5. The minimum Gasteiger partial charge on any atom is -0.394 e. The van der Waals surface area contributed by atoms with E-state index >= 15 is 0 Å². The molecule has 1 aliphatic carbocycles. The Morgan fingerprint density at radius 3 is 2.79 bits per heavy atom. The molecule has 0 aromatic carbocycles. The molecule has 19 heavy (non-hydrogen) atoms. The normalized spacial score (nSPS) is 18.2. The van der Waals surface area contributed by atoms with E-state index in [1.165, 1.54) is 32.1 Å². The number of hydrogen-bond donors (Lipinski definition) is 2. The topological polar surface area (TPSA) is 54.3 Å². The molecule has 2 rings (SSSR count). The van der Waals surface area contributed by atoms with Gasteiger partial charge in [0.15, 0.2) is 0 Å². The van der Waals surface area contributed by atoms with Crippen LogP contribution in [0.2, 0.25) is 0 Å². The lowest BCUT2D eigenvalue weighted by atomic mass is 9.85. The van der Waals surface area contributed by atoms with Crippen molar-refractivity contribution in [3.63, 3.8) is 0 Å². The lowest BCUT2D eigenvalue weighted by Crippen LogP contribution is -2.39. The number of amides is 1. The molecule has 1 fully saturated rings. The number of carbonyl (C=O) groups excluding carboxylic acids is 1. The highest BCUT2D eigenvalue weighted by Gasteiger charge is 2.21. The molecule has 1 atom stereocenters. The summed E-state index contributed by atoms with van der Waals surface area (Å²) in [5.74, 6) is 0.557. The first kappa shape index (κ1) is 14.1. The average molecular weight is 264 g/mol. The van der Waals surface area contributed by atoms with E-state index in [4.69, 9.17) is 0 Å². The molecular formula is C15H24N2O2. The minimum atomic E-state index is -0.120. The highest BCUT2D eigenvalue weighted by Crippen LogP contribution is 2.27. The standard InChI is InChI=1S/C15H24N2O2/c1-17-9-5-8-14(17)15(19)16-13(11-18)10-12-6-3-2-4-7-12/h5,8-9,12-13,18H,2-4,6-7,10-11H2,1H3,(H,16,19). The number of aryl methyl sites for hydroxylation is 1. The maximum Gasteiger partial charge on any atom is 0.268 e. The van der Waals surface area contributed by atoms with E-state index in [9.17, 15) is 9.90 Å². The number of aliphatic hydroxyl groups excluding tert-OH is 1. The number of carbonyl (C=O) groups is 1. The maximum absolute atomic E-state index is 12.1. The van der Waals surface area contributed by atoms with Gasteiger partial charge in [0.1, 0.15) is 5.69 Å². The lowest BCUT2D eigenvalue weighted by Gasteiger charge is -2.26. The molecule has 1 saturated carbocycles. The van der Waals surface area contributed by atoms with Crippen LogP contribution in [0.5, 0.6) is 0 Å². The van der Waals surface area contributed by atoms with Crippen molar-refractivity contribution in [3.8, 4) is 0 Å². The lowest BCUT2D eigenvalue weighted by molar-refractivity contribution is 0.0893. The van der Waals surface area contributed by atoms with Gasteiger partial charge in [-0.2, -0.15) is 0 Å². The highest BCUT2D eigenvalue weighted by atomic mass is 16.3. The van der Waals surface area contributed by atoms with Gasteiger partial charge in [0.25, 0.3) is 5.91 Å². The van der Waals surface area contributed by atoms with Gasteiger partial charge < -0.3 is 15.0 Å². The Kier molecular flexibility index (Phi) is 5.02. The summed E-state index contributed by atoms with van der Waals surface area (Å²) in [5, 5.41) is 12.4. The van der Waals surface area contributed by atoms with Crippen molar-refractivity contribution in [2.75, 3.05) is 6.61 Å². The molecule has 0 spiro atoms. The third-order valence-corrected chi connectivity index (χ3v) is 4.07. The fourth-order valence-corrected chi connectivity index (χ4v) is 2.96. The SMILES string of the molecule is Cn1cccc1C(=O)NC(CO)CC1CCCCC1. The first-order valence-corrected chi connectivity index (χ1v) is 7.23. The van der Waals surface area contributed by atoms with Crippen LogP contribution >= 0.6 is 0 Å². The molecule has 1 aromatic heterocycles. The largest absolute Gasteiger partial charge is 0.394 e. The van der Waals surface area contributed by atoms with Gasteiger partial charge in [0.05, 0.1) is 12.6 Å². The van der Waals surface area contributed by atoms with Crippen LogP contribution in [0.15, 0.2) is 18.3 Å². The van der Waals surface area contributed by atoms with E-state index in [1.807, 2.05) is 19.3 Å². The number of aliphatic hydroxyl groups is 1. The van der Waals surface area contributed by atoms with Gasteiger partial charge in [0, 0.05) is 13.2 Å². The summed E-state index contributed by atoms with van der Waals surface area (Å²) < 4.78 is 1.80. The van der Waals surface area contributed by atoms with Crippen LogP contribution in [-0.2, 0) is 7.05 Å². The number of hydrogen-bond acceptors (Lipinski definition) is 2. The molecule has 0 saturated heterocycles. The van der Waals surface area contributed by atoms with Crippen LogP contribution in [0, 0.1) is 5.92 Å². The Balaban J connectivity index is 1.88. The Labute approximate surface area is 114 Å². The first-order chi connectivity index (χ1) is 9.20. The van der Waals surface area contributed by atoms with Crippen molar-refractivity contribution in [3.05, 3.63) is 24.0 Å². The van der Waals surface area contributed by atoms with E-state index in [1.54, 1.807) is 10.6 Å². The third kappa shape index (κ3) is 3.83. The average Bonchev–Trinajstić information content (AvgIpc) is 2.85. The summed E-state index contributed by atoms with van der Waals surface area (Å²) in [6.07, 6.45) is 9.11. The minimum absolute atomic E-state index is 0.0205. The molecule has 0 aliphatic heterocycles. The zero-order valence-corrected chi connectivity index (χ0v) is 11.6. The molecule has 0 radical (unpaired) electrons. The maximum atomic E-state index is 12.1. The van der Waals surface area contributed by atoms with Crippen LogP contribution in [-0.4, -0.2) is 28.2 Å². The molecule has 2 N–H and O–H groups in total. The van der Waals surface area contributed by atoms with Crippen molar-refractivity contribution in [2.24, 2.45) is 13.0 Å². The van der Waals surface area contributed by atoms with E-state index in [0.29, 0.717) is 11.6 Å². The van der Waals surface area contributed by atoms with Gasteiger partial charge >= 0.3 is 0 Å². The molecule has 1 aromatic rings. The summed E-state index contributed by atoms with van der Waals surface area (Å²) in [6, 6.07) is 3.53. The van der Waals surface area contributed by atoms with E-state index in [0.717, 1.165) is 6.42 Å². The van der Waals surface area contributed by atoms with Crippen LogP contribution in [0.1, 0.15) is 49.0 Å². The van der Waals surface area contributed by atoms with E-state index in [-0.39, 0.29) is 18.6 Å². The van der Waals surface area contributed by atoms with Gasteiger partial charge in [-0.05, 0) is 24.5 Å². The Bertz CT molecular complexity index is 408. The molecular weight excluding hydrogens is 240 g/mol. The first-order valence-electron chi connectivity index (χ1n) is 7.23. The van der Waals surface area contributed by atoms with Crippen molar-refractivity contribution >= 4 is 5.91 Å². The fraction of sp³-hybridized carbons (Fsp3) is 0.667. The second-order valence-corrected chi connectivity index (χ2v) is 5.60. The summed E-state index contributed by atoms with van der Waals surface area (Å²) in [5.41, 5.74) is 0.641. The molecule has 4 heteroatoms. The predicted molar refractivity (Wildman–Crippen MR) is 74.9 cm³/mol. The second-order valence-electron chi connectivity index (χ2n) is 5.60. The Morgan fingerprint density at radius 1 is 1.47 bits per heavy atom. The second kappa shape index (κ2) is 6.75. The van der Waals surface area contributed by atoms with Gasteiger partial charge in [-0.3, -0.25) is 4.79 Å². The van der Waals surface area contributed by atoms with E-state index < -0.39 is 0 Å². The quantitative estimate of drug-likeness (QED) is 0.855. The monoisotopic (exact) mass is 264 g/mol. The molecule has 1 heterocycles. The summed E-state index contributed by atoms with van der Waals surface area (Å²) in [7, 11) is 1.85. The van der Waals surface area contributed by atoms with Gasteiger partial charge in [-0.25, -0.2) is 0 Å². The van der Waals surface area contributed by atoms with E-state index in [2.05, 4.69) is 5.32 Å². The Morgan fingerprint density at radius 2 is 2.21 bits per heavy atom. The van der Waals surface area contributed by atoms with Crippen molar-refractivity contribution < 1.29 is 9.90 Å². The molecule has 1 amide bonds. The summed E-state index contributed by atoms with van der Waals surface area (Å²) in [4.78, 5) is 12.1. The predicted octanol–water partition coefficient (Wildman–Crippen LogP) is 2.09. The van der Waals surface area contributed by atoms with Gasteiger partial charge in [0.2, 0.25) is 0 Å². The number of aromatic nitrogens is 1. The van der Waals surface area contributed by atoms with Crippen LogP contribution < -0.4 is 5.32 Å². The highest BCUT2D eigenvalue weighted by molar-refractivity contribution is 5.92. The molecule has 106 valence electrons. The third-order valence-electron chi connectivity index (χ3n) is 4.07. The zero-order valence-electron chi connectivity index (χ0n) is 11.6. The molecule has 1 unspecified atom stereocenters. The zero-order chi connectivity index (χ0) is 13.7. The van der Waals surface area contributed by atoms with Crippen molar-refractivity contribution in [2.45, 2.75) is 44.6 Å². The van der Waals surface area contributed by atoms with Crippen LogP contribution in [0.4, 0.5) is 0 Å². The van der Waals surface area contributed by atoms with Gasteiger partial charge in [-0.15, -0.1) is 0 Å². The summed E-state index contributed by atoms with van der Waals surface area (Å²) in [6.45, 7) is 0.0205. The van der Waals surface area contributed by atoms with Crippen LogP contribution in [0.3, 0.4) is 0 Å². The van der Waals surface area contributed by atoms with Crippen molar-refractivity contribution in [1.82, 2.24) is 9.88 Å². The fourth-order valence-electron chi connectivity index (χ4n) is 2.96. The van der Waals surface area contributed by atoms with Crippen molar-refractivity contribution in [1.29, 1.82) is 0 Å². The summed E-state index contributed by atoms with van der Waals surface area (Å²) >= 11 is 0. The smallest absolute Gasteiger partial charge is 0.268 e. The molecule has 1 aliphatic rings. The number of nitrogens with one attached hydrogen (secondary N) is 1. The Hall–Kier alpha value is -1.29. The molecule has 4 nitrogen and oxygen atoms in total. The molecule has 0 bridgehead atoms. The number of nitrogens with zero attached hydrogens (tertiary/aromatic N) is 1. The van der Waals surface area contributed by atoms with Gasteiger partial charge in [-0.1, -0.05) is 32.1 Å². The van der Waals surface area contributed by atoms with Crippen LogP contribution in [0.25, 0.3) is 0 Å².